The molecule has 1 aliphatic rings. The van der Waals surface area contributed by atoms with Crippen molar-refractivity contribution in [2.24, 2.45) is 0 Å². The summed E-state index contributed by atoms with van der Waals surface area (Å²) in [5.74, 6) is 0. The van der Waals surface area contributed by atoms with Crippen LogP contribution in [0.25, 0.3) is 0 Å². The predicted molar refractivity (Wildman–Crippen MR) is 114 cm³/mol. The summed E-state index contributed by atoms with van der Waals surface area (Å²) in [5.41, 5.74) is 0. The van der Waals surface area contributed by atoms with Crippen LogP contribution >= 0.6 is 24.8 Å². The van der Waals surface area contributed by atoms with Crippen LogP contribution in [-0.2, 0) is 0 Å². The maximum Gasteiger partial charge on any atom is 0.00912 e. The lowest BCUT2D eigenvalue weighted by atomic mass is 10.0. The Bertz CT molecular complexity index is 222. The first kappa shape index (κ1) is 26.7. The van der Waals surface area contributed by atoms with Crippen molar-refractivity contribution in [2.75, 3.05) is 19.6 Å². The van der Waals surface area contributed by atoms with E-state index < -0.39 is 0 Å². The largest absolute Gasteiger partial charge is 0.317 e. The van der Waals surface area contributed by atoms with Gasteiger partial charge in [-0.05, 0) is 38.9 Å². The summed E-state index contributed by atoms with van der Waals surface area (Å²) in [5, 5.41) is 7.15. The number of hydrogen-bond acceptors (Lipinski definition) is 2. The highest BCUT2D eigenvalue weighted by molar-refractivity contribution is 5.85. The SMILES string of the molecule is CCCCCCCCCCCCCCCNC1CCNCC1.Cl.Cl. The first-order chi connectivity index (χ1) is 10.9. The Kier molecular flexibility index (Phi) is 24.0. The normalized spacial score (nSPS) is 14.9. The average molecular weight is 383 g/mol. The summed E-state index contributed by atoms with van der Waals surface area (Å²) in [4.78, 5) is 0. The van der Waals surface area contributed by atoms with Crippen molar-refractivity contribution in [3.63, 3.8) is 0 Å². The van der Waals surface area contributed by atoms with Crippen LogP contribution in [0.15, 0.2) is 0 Å². The Morgan fingerprint density at radius 3 is 1.54 bits per heavy atom. The number of nitrogens with one attached hydrogen (secondary N) is 2. The van der Waals surface area contributed by atoms with Crippen molar-refractivity contribution in [3.05, 3.63) is 0 Å². The molecular formula is C20H44Cl2N2. The van der Waals surface area contributed by atoms with E-state index in [-0.39, 0.29) is 24.8 Å². The van der Waals surface area contributed by atoms with Crippen molar-refractivity contribution in [2.45, 2.75) is 109 Å². The Morgan fingerprint density at radius 2 is 1.08 bits per heavy atom. The van der Waals surface area contributed by atoms with Gasteiger partial charge in [0.25, 0.3) is 0 Å². The minimum absolute atomic E-state index is 0. The Hall–Kier alpha value is 0.500. The highest BCUT2D eigenvalue weighted by atomic mass is 35.5. The summed E-state index contributed by atoms with van der Waals surface area (Å²) in [6, 6.07) is 0.790. The van der Waals surface area contributed by atoms with Gasteiger partial charge in [-0.25, -0.2) is 0 Å². The molecule has 0 unspecified atom stereocenters. The van der Waals surface area contributed by atoms with E-state index in [2.05, 4.69) is 17.6 Å². The third-order valence-corrected chi connectivity index (χ3v) is 5.05. The molecule has 0 amide bonds. The molecule has 24 heavy (non-hydrogen) atoms. The quantitative estimate of drug-likeness (QED) is 0.326. The molecule has 0 aliphatic carbocycles. The molecule has 148 valence electrons. The second kappa shape index (κ2) is 21.5. The van der Waals surface area contributed by atoms with E-state index in [0.717, 1.165) is 6.04 Å². The average Bonchev–Trinajstić information content (AvgIpc) is 2.56. The lowest BCUT2D eigenvalue weighted by Crippen LogP contribution is -2.40. The summed E-state index contributed by atoms with van der Waals surface area (Å²) >= 11 is 0. The molecule has 1 aliphatic heterocycles. The molecule has 1 heterocycles. The molecule has 0 aromatic heterocycles. The third-order valence-electron chi connectivity index (χ3n) is 5.05. The van der Waals surface area contributed by atoms with E-state index in [9.17, 15) is 0 Å². The van der Waals surface area contributed by atoms with Gasteiger partial charge in [-0.1, -0.05) is 84.0 Å². The van der Waals surface area contributed by atoms with Gasteiger partial charge in [0, 0.05) is 6.04 Å². The third kappa shape index (κ3) is 17.3. The second-order valence-electron chi connectivity index (χ2n) is 7.22. The van der Waals surface area contributed by atoms with Crippen LogP contribution in [0.1, 0.15) is 103 Å². The molecular weight excluding hydrogens is 339 g/mol. The minimum atomic E-state index is 0. The molecule has 4 heteroatoms. The highest BCUT2D eigenvalue weighted by Crippen LogP contribution is 2.12. The molecule has 0 radical (unpaired) electrons. The second-order valence-corrected chi connectivity index (χ2v) is 7.22. The van der Waals surface area contributed by atoms with E-state index in [1.807, 2.05) is 0 Å². The number of piperidine rings is 1. The van der Waals surface area contributed by atoms with Crippen molar-refractivity contribution in [1.82, 2.24) is 10.6 Å². The maximum atomic E-state index is 3.72. The summed E-state index contributed by atoms with van der Waals surface area (Å²) in [6.45, 7) is 5.94. The smallest absolute Gasteiger partial charge is 0.00912 e. The molecule has 1 saturated heterocycles. The van der Waals surface area contributed by atoms with E-state index in [1.165, 1.54) is 116 Å². The topological polar surface area (TPSA) is 24.1 Å². The van der Waals surface area contributed by atoms with Gasteiger partial charge in [-0.15, -0.1) is 24.8 Å². The zero-order chi connectivity index (χ0) is 15.7. The van der Waals surface area contributed by atoms with Gasteiger partial charge in [0.15, 0.2) is 0 Å². The molecule has 2 N–H and O–H groups in total. The Morgan fingerprint density at radius 1 is 0.667 bits per heavy atom. The van der Waals surface area contributed by atoms with Gasteiger partial charge >= 0.3 is 0 Å². The van der Waals surface area contributed by atoms with Crippen molar-refractivity contribution < 1.29 is 0 Å². The molecule has 0 saturated carbocycles. The Balaban J connectivity index is 0. The van der Waals surface area contributed by atoms with Gasteiger partial charge in [-0.3, -0.25) is 0 Å². The molecule has 1 fully saturated rings. The zero-order valence-electron chi connectivity index (χ0n) is 16.1. The monoisotopic (exact) mass is 382 g/mol. The van der Waals surface area contributed by atoms with E-state index in [1.54, 1.807) is 0 Å². The summed E-state index contributed by atoms with van der Waals surface area (Å²) in [7, 11) is 0. The first-order valence-electron chi connectivity index (χ1n) is 10.4. The molecule has 0 bridgehead atoms. The molecule has 1 rings (SSSR count). The van der Waals surface area contributed by atoms with Crippen LogP contribution in [0.3, 0.4) is 0 Å². The van der Waals surface area contributed by atoms with E-state index in [0.29, 0.717) is 0 Å². The molecule has 0 aromatic rings. The summed E-state index contributed by atoms with van der Waals surface area (Å²) in [6.07, 6.45) is 21.5. The highest BCUT2D eigenvalue weighted by Gasteiger charge is 2.10. The zero-order valence-corrected chi connectivity index (χ0v) is 17.8. The number of hydrogen-bond donors (Lipinski definition) is 2. The lowest BCUT2D eigenvalue weighted by Gasteiger charge is -2.23. The number of rotatable bonds is 15. The molecule has 0 spiro atoms. The fourth-order valence-electron chi connectivity index (χ4n) is 3.48. The van der Waals surface area contributed by atoms with E-state index in [4.69, 9.17) is 0 Å². The number of halogens is 2. The lowest BCUT2D eigenvalue weighted by molar-refractivity contribution is 0.383. The van der Waals surface area contributed by atoms with Gasteiger partial charge in [0.2, 0.25) is 0 Å². The number of unbranched alkanes of at least 4 members (excludes halogenated alkanes) is 12. The van der Waals surface area contributed by atoms with Crippen LogP contribution in [0, 0.1) is 0 Å². The van der Waals surface area contributed by atoms with Gasteiger partial charge in [-0.2, -0.15) is 0 Å². The Labute approximate surface area is 164 Å². The van der Waals surface area contributed by atoms with Crippen LogP contribution in [0.5, 0.6) is 0 Å². The molecule has 2 nitrogen and oxygen atoms in total. The van der Waals surface area contributed by atoms with Crippen LogP contribution in [0.2, 0.25) is 0 Å². The van der Waals surface area contributed by atoms with Gasteiger partial charge in [0.1, 0.15) is 0 Å². The van der Waals surface area contributed by atoms with Gasteiger partial charge in [0.05, 0.1) is 0 Å². The van der Waals surface area contributed by atoms with E-state index >= 15 is 0 Å². The maximum absolute atomic E-state index is 3.72. The fraction of sp³-hybridized carbons (Fsp3) is 1.00. The molecule has 0 atom stereocenters. The van der Waals surface area contributed by atoms with Crippen LogP contribution in [0.4, 0.5) is 0 Å². The van der Waals surface area contributed by atoms with Crippen LogP contribution in [-0.4, -0.2) is 25.7 Å². The van der Waals surface area contributed by atoms with Crippen LogP contribution < -0.4 is 10.6 Å². The van der Waals surface area contributed by atoms with Gasteiger partial charge < -0.3 is 10.6 Å². The fourth-order valence-corrected chi connectivity index (χ4v) is 3.48. The standard InChI is InChI=1S/C20H42N2.2ClH/c1-2-3-4-5-6-7-8-9-10-11-12-13-14-17-22-20-15-18-21-19-16-20;;/h20-22H,2-19H2,1H3;2*1H. The molecule has 0 aromatic carbocycles. The predicted octanol–water partition coefficient (Wildman–Crippen LogP) is 6.26. The van der Waals surface area contributed by atoms with Crippen molar-refractivity contribution in [3.8, 4) is 0 Å². The van der Waals surface area contributed by atoms with Crippen molar-refractivity contribution >= 4 is 24.8 Å². The van der Waals surface area contributed by atoms with Crippen molar-refractivity contribution in [1.29, 1.82) is 0 Å². The summed E-state index contributed by atoms with van der Waals surface area (Å²) < 4.78 is 0. The minimum Gasteiger partial charge on any atom is -0.317 e. The first-order valence-corrected chi connectivity index (χ1v) is 10.4.